The molecule has 0 aliphatic carbocycles. The molecule has 0 unspecified atom stereocenters. The summed E-state index contributed by atoms with van der Waals surface area (Å²) in [6, 6.07) is 12.7. The van der Waals surface area contributed by atoms with Crippen molar-refractivity contribution in [3.63, 3.8) is 0 Å². The third kappa shape index (κ3) is 2.07. The molecule has 0 fully saturated rings. The van der Waals surface area contributed by atoms with Crippen LogP contribution in [0.4, 0.5) is 5.69 Å². The van der Waals surface area contributed by atoms with E-state index in [9.17, 15) is 9.90 Å². The van der Waals surface area contributed by atoms with E-state index in [-0.39, 0.29) is 5.69 Å². The van der Waals surface area contributed by atoms with Gasteiger partial charge in [0.25, 0.3) is 0 Å². The highest BCUT2D eigenvalue weighted by Gasteiger charge is 2.24. The summed E-state index contributed by atoms with van der Waals surface area (Å²) in [6.07, 6.45) is 0. The summed E-state index contributed by atoms with van der Waals surface area (Å²) in [6.45, 7) is 1.93. The van der Waals surface area contributed by atoms with E-state index in [0.29, 0.717) is 17.2 Å². The van der Waals surface area contributed by atoms with Crippen molar-refractivity contribution in [1.29, 1.82) is 0 Å². The molecule has 0 bridgehead atoms. The second-order valence-corrected chi connectivity index (χ2v) is 5.15. The second-order valence-electron chi connectivity index (χ2n) is 5.15. The van der Waals surface area contributed by atoms with Crippen LogP contribution in [0.2, 0.25) is 0 Å². The van der Waals surface area contributed by atoms with E-state index in [1.165, 1.54) is 0 Å². The van der Waals surface area contributed by atoms with Crippen molar-refractivity contribution in [2.45, 2.75) is 6.92 Å². The highest BCUT2D eigenvalue weighted by Crippen LogP contribution is 2.39. The molecule has 0 aliphatic rings. The molecule has 3 N–H and O–H groups in total. The molecule has 2 aromatic carbocycles. The number of aromatic carboxylic acids is 1. The highest BCUT2D eigenvalue weighted by molar-refractivity contribution is 6.02. The first kappa shape index (κ1) is 14.0. The van der Waals surface area contributed by atoms with Crippen LogP contribution in [0.15, 0.2) is 42.5 Å². The number of aromatic nitrogens is 1. The Morgan fingerprint density at radius 3 is 2.59 bits per heavy atom. The molecule has 3 rings (SSSR count). The van der Waals surface area contributed by atoms with E-state index < -0.39 is 5.97 Å². The van der Waals surface area contributed by atoms with Crippen molar-refractivity contribution < 1.29 is 14.6 Å². The van der Waals surface area contributed by atoms with Crippen LogP contribution in [0.25, 0.3) is 10.9 Å². The third-order valence-corrected chi connectivity index (χ3v) is 3.72. The van der Waals surface area contributed by atoms with Crippen molar-refractivity contribution >= 4 is 22.6 Å². The Morgan fingerprint density at radius 1 is 1.18 bits per heavy atom. The number of carboxylic acids is 1. The van der Waals surface area contributed by atoms with Crippen LogP contribution in [0.5, 0.6) is 11.5 Å². The maximum atomic E-state index is 11.7. The highest BCUT2D eigenvalue weighted by atomic mass is 16.5. The number of nitrogen functional groups attached to an aromatic ring is 1. The Hall–Kier alpha value is -2.95. The average Bonchev–Trinajstić information content (AvgIpc) is 2.76. The normalized spacial score (nSPS) is 10.8. The molecule has 0 radical (unpaired) electrons. The van der Waals surface area contributed by atoms with Gasteiger partial charge in [0, 0.05) is 12.4 Å². The minimum atomic E-state index is -1.04. The van der Waals surface area contributed by atoms with Gasteiger partial charge in [0.1, 0.15) is 5.75 Å². The minimum Gasteiger partial charge on any atom is -0.476 e. The van der Waals surface area contributed by atoms with Gasteiger partial charge in [-0.15, -0.1) is 0 Å². The zero-order valence-corrected chi connectivity index (χ0v) is 12.3. The van der Waals surface area contributed by atoms with E-state index in [0.717, 1.165) is 16.5 Å². The number of hydrogen-bond donors (Lipinski definition) is 2. The topological polar surface area (TPSA) is 77.5 Å². The minimum absolute atomic E-state index is 0.104. The summed E-state index contributed by atoms with van der Waals surface area (Å²) in [5.41, 5.74) is 8.23. The Morgan fingerprint density at radius 2 is 1.91 bits per heavy atom. The van der Waals surface area contributed by atoms with Crippen LogP contribution in [-0.4, -0.2) is 15.6 Å². The molecule has 1 heterocycles. The van der Waals surface area contributed by atoms with Gasteiger partial charge >= 0.3 is 5.97 Å². The number of ether oxygens (including phenoxy) is 1. The second kappa shape index (κ2) is 5.11. The molecule has 112 valence electrons. The lowest BCUT2D eigenvalue weighted by Gasteiger charge is -2.09. The fourth-order valence-electron chi connectivity index (χ4n) is 2.64. The van der Waals surface area contributed by atoms with Crippen molar-refractivity contribution in [3.8, 4) is 11.5 Å². The maximum Gasteiger partial charge on any atom is 0.356 e. The Labute approximate surface area is 127 Å². The van der Waals surface area contributed by atoms with Crippen molar-refractivity contribution in [1.82, 2.24) is 4.57 Å². The lowest BCUT2D eigenvalue weighted by Crippen LogP contribution is -2.06. The number of aryl methyl sites for hydroxylation is 2. The van der Waals surface area contributed by atoms with Crippen LogP contribution in [0.1, 0.15) is 16.1 Å². The smallest absolute Gasteiger partial charge is 0.356 e. The summed E-state index contributed by atoms with van der Waals surface area (Å²) in [5.74, 6) is -0.274. The first-order valence-corrected chi connectivity index (χ1v) is 6.84. The van der Waals surface area contributed by atoms with Crippen LogP contribution in [0.3, 0.4) is 0 Å². The predicted molar refractivity (Wildman–Crippen MR) is 85.5 cm³/mol. The van der Waals surface area contributed by atoms with Crippen LogP contribution < -0.4 is 10.5 Å². The lowest BCUT2D eigenvalue weighted by atomic mass is 10.1. The molecule has 0 aliphatic heterocycles. The molecule has 0 spiro atoms. The molecule has 5 heteroatoms. The average molecular weight is 296 g/mol. The van der Waals surface area contributed by atoms with Crippen LogP contribution in [0, 0.1) is 6.92 Å². The summed E-state index contributed by atoms with van der Waals surface area (Å²) in [4.78, 5) is 11.7. The molecule has 3 aromatic rings. The Bertz CT molecular complexity index is 881. The Kier molecular flexibility index (Phi) is 3.25. The van der Waals surface area contributed by atoms with Gasteiger partial charge in [-0.05, 0) is 30.7 Å². The number of fused-ring (bicyclic) bond motifs is 1. The summed E-state index contributed by atoms with van der Waals surface area (Å²) < 4.78 is 7.51. The van der Waals surface area contributed by atoms with Gasteiger partial charge in [-0.1, -0.05) is 24.3 Å². The summed E-state index contributed by atoms with van der Waals surface area (Å²) in [5, 5.41) is 10.3. The van der Waals surface area contributed by atoms with E-state index in [4.69, 9.17) is 10.5 Å². The summed E-state index contributed by atoms with van der Waals surface area (Å²) >= 11 is 0. The van der Waals surface area contributed by atoms with Gasteiger partial charge in [0.2, 0.25) is 0 Å². The number of anilines is 1. The first-order valence-electron chi connectivity index (χ1n) is 6.84. The molecular weight excluding hydrogens is 280 g/mol. The molecule has 0 atom stereocenters. The molecule has 0 saturated carbocycles. The number of rotatable bonds is 3. The number of carbonyl (C=O) groups is 1. The number of hydrogen-bond acceptors (Lipinski definition) is 3. The molecule has 22 heavy (non-hydrogen) atoms. The van der Waals surface area contributed by atoms with Crippen molar-refractivity contribution in [2.75, 3.05) is 5.73 Å². The van der Waals surface area contributed by atoms with E-state index in [2.05, 4.69) is 0 Å². The number of carboxylic acid groups (broad SMARTS) is 1. The molecular formula is C17H16N2O3. The molecule has 5 nitrogen and oxygen atoms in total. The fourth-order valence-corrected chi connectivity index (χ4v) is 2.64. The predicted octanol–water partition coefficient (Wildman–Crippen LogP) is 3.56. The van der Waals surface area contributed by atoms with E-state index >= 15 is 0 Å². The van der Waals surface area contributed by atoms with Crippen molar-refractivity contribution in [3.05, 3.63) is 53.7 Å². The molecule has 1 aromatic heterocycles. The number of para-hydroxylation sites is 2. The van der Waals surface area contributed by atoms with Gasteiger partial charge in [0.05, 0.1) is 11.2 Å². The van der Waals surface area contributed by atoms with Crippen LogP contribution in [-0.2, 0) is 7.05 Å². The van der Waals surface area contributed by atoms with E-state index in [1.807, 2.05) is 25.1 Å². The lowest BCUT2D eigenvalue weighted by molar-refractivity contribution is 0.0684. The standard InChI is InChI=1S/C17H16N2O3/c1-10-6-5-8-12-14(10)16(15(17(20)21)19(12)2)22-13-9-4-3-7-11(13)18/h3-9H,18H2,1-2H3,(H,20,21). The Balaban J connectivity index is 2.30. The zero-order valence-electron chi connectivity index (χ0n) is 12.3. The third-order valence-electron chi connectivity index (χ3n) is 3.72. The molecule has 0 saturated heterocycles. The van der Waals surface area contributed by atoms with E-state index in [1.54, 1.807) is 35.9 Å². The zero-order chi connectivity index (χ0) is 15.9. The van der Waals surface area contributed by atoms with Crippen LogP contribution >= 0.6 is 0 Å². The first-order chi connectivity index (χ1) is 10.5. The fraction of sp³-hybridized carbons (Fsp3) is 0.118. The van der Waals surface area contributed by atoms with Gasteiger partial charge < -0.3 is 20.1 Å². The van der Waals surface area contributed by atoms with Gasteiger partial charge in [0.15, 0.2) is 11.4 Å². The number of benzene rings is 2. The monoisotopic (exact) mass is 296 g/mol. The van der Waals surface area contributed by atoms with Gasteiger partial charge in [-0.3, -0.25) is 0 Å². The summed E-state index contributed by atoms with van der Waals surface area (Å²) in [7, 11) is 1.71. The largest absolute Gasteiger partial charge is 0.476 e. The molecule has 0 amide bonds. The van der Waals surface area contributed by atoms with Gasteiger partial charge in [-0.25, -0.2) is 4.79 Å². The van der Waals surface area contributed by atoms with Gasteiger partial charge in [-0.2, -0.15) is 0 Å². The quantitative estimate of drug-likeness (QED) is 0.724. The number of nitrogens with two attached hydrogens (primary N) is 1. The SMILES string of the molecule is Cc1cccc2c1c(Oc1ccccc1N)c(C(=O)O)n2C. The maximum absolute atomic E-state index is 11.7. The van der Waals surface area contributed by atoms with Crippen molar-refractivity contribution in [2.24, 2.45) is 7.05 Å². The number of nitrogens with zero attached hydrogens (tertiary/aromatic N) is 1.